The van der Waals surface area contributed by atoms with Crippen molar-refractivity contribution < 1.29 is 19.5 Å². The molecule has 5 heteroatoms. The van der Waals surface area contributed by atoms with E-state index in [-0.39, 0.29) is 16.4 Å². The monoisotopic (exact) mass is 451 g/mol. The summed E-state index contributed by atoms with van der Waals surface area (Å²) in [6, 6.07) is 11.2. The first-order chi connectivity index (χ1) is 15.6. The van der Waals surface area contributed by atoms with E-state index in [0.717, 1.165) is 42.6 Å². The average molecular weight is 452 g/mol. The van der Waals surface area contributed by atoms with Gasteiger partial charge in [0.2, 0.25) is 0 Å². The third-order valence-electron chi connectivity index (χ3n) is 6.66. The Morgan fingerprint density at radius 1 is 0.970 bits per heavy atom. The molecule has 0 amide bonds. The largest absolute Gasteiger partial charge is 0.493 e. The summed E-state index contributed by atoms with van der Waals surface area (Å²) in [7, 11) is 0. The molecule has 0 spiro atoms. The van der Waals surface area contributed by atoms with Gasteiger partial charge in [-0.25, -0.2) is 4.79 Å². The number of nitrogens with zero attached hydrogens (tertiary/aromatic N) is 1. The molecule has 0 aromatic heterocycles. The molecular weight excluding hydrogens is 414 g/mol. The Morgan fingerprint density at radius 2 is 1.55 bits per heavy atom. The molecule has 0 saturated heterocycles. The highest BCUT2D eigenvalue weighted by Gasteiger charge is 2.38. The van der Waals surface area contributed by atoms with Crippen LogP contribution in [0.5, 0.6) is 5.75 Å². The number of oxime groups is 1. The van der Waals surface area contributed by atoms with Crippen molar-refractivity contribution in [3.8, 4) is 5.75 Å². The summed E-state index contributed by atoms with van der Waals surface area (Å²) < 4.78 is 6.13. The second kappa shape index (κ2) is 9.98. The van der Waals surface area contributed by atoms with E-state index >= 15 is 0 Å². The van der Waals surface area contributed by atoms with E-state index in [1.165, 1.54) is 11.1 Å². The van der Waals surface area contributed by atoms with E-state index in [1.54, 1.807) is 24.3 Å². The molecule has 2 aromatic rings. The summed E-state index contributed by atoms with van der Waals surface area (Å²) >= 11 is 0. The number of ether oxygens (including phenoxy) is 1. The quantitative estimate of drug-likeness (QED) is 0.262. The zero-order valence-corrected chi connectivity index (χ0v) is 20.8. The molecule has 0 heterocycles. The van der Waals surface area contributed by atoms with Crippen LogP contribution in [-0.2, 0) is 15.7 Å². The van der Waals surface area contributed by atoms with Crippen LogP contribution in [-0.4, -0.2) is 30.0 Å². The summed E-state index contributed by atoms with van der Waals surface area (Å²) in [6.45, 7) is 14.3. The molecule has 3 rings (SSSR count). The van der Waals surface area contributed by atoms with Gasteiger partial charge in [-0.15, -0.1) is 0 Å². The molecule has 5 nitrogen and oxygen atoms in total. The Hall–Kier alpha value is -2.82. The summed E-state index contributed by atoms with van der Waals surface area (Å²) in [5.41, 5.74) is 5.29. The lowest BCUT2D eigenvalue weighted by molar-refractivity contribution is 0.0697. The van der Waals surface area contributed by atoms with Crippen molar-refractivity contribution in [1.82, 2.24) is 0 Å². The van der Waals surface area contributed by atoms with E-state index in [0.29, 0.717) is 18.9 Å². The summed E-state index contributed by atoms with van der Waals surface area (Å²) in [4.78, 5) is 17.1. The van der Waals surface area contributed by atoms with Gasteiger partial charge in [-0.1, -0.05) is 58.3 Å². The fourth-order valence-electron chi connectivity index (χ4n) is 4.40. The van der Waals surface area contributed by atoms with Crippen molar-refractivity contribution in [2.75, 3.05) is 13.2 Å². The van der Waals surface area contributed by atoms with Crippen molar-refractivity contribution in [2.45, 2.75) is 78.1 Å². The van der Waals surface area contributed by atoms with Gasteiger partial charge in [0, 0.05) is 11.1 Å². The number of unbranched alkanes of at least 4 members (excludes halogenated alkanes) is 1. The van der Waals surface area contributed by atoms with Crippen LogP contribution >= 0.6 is 0 Å². The maximum atomic E-state index is 11.4. The summed E-state index contributed by atoms with van der Waals surface area (Å²) in [5, 5.41) is 13.9. The van der Waals surface area contributed by atoms with Gasteiger partial charge in [0.15, 0.2) is 0 Å². The maximum Gasteiger partial charge on any atom is 0.335 e. The molecule has 33 heavy (non-hydrogen) atoms. The van der Waals surface area contributed by atoms with Gasteiger partial charge in [-0.05, 0) is 72.4 Å². The van der Waals surface area contributed by atoms with Crippen molar-refractivity contribution in [3.05, 3.63) is 64.2 Å². The zero-order chi connectivity index (χ0) is 24.2. The van der Waals surface area contributed by atoms with E-state index in [2.05, 4.69) is 51.9 Å². The predicted molar refractivity (Wildman–Crippen MR) is 133 cm³/mol. The van der Waals surface area contributed by atoms with Gasteiger partial charge in [0.05, 0.1) is 12.2 Å². The molecule has 1 N–H and O–H groups in total. The molecule has 2 aromatic carbocycles. The highest BCUT2D eigenvalue weighted by molar-refractivity contribution is 6.14. The fourth-order valence-corrected chi connectivity index (χ4v) is 4.40. The number of hydrogen-bond donors (Lipinski definition) is 1. The van der Waals surface area contributed by atoms with Crippen LogP contribution in [0.2, 0.25) is 0 Å². The topological polar surface area (TPSA) is 68.1 Å². The van der Waals surface area contributed by atoms with Crippen molar-refractivity contribution in [2.24, 2.45) is 5.16 Å². The highest BCUT2D eigenvalue weighted by Crippen LogP contribution is 2.48. The molecule has 0 atom stereocenters. The number of carbonyl (C=O) groups is 1. The van der Waals surface area contributed by atoms with Crippen molar-refractivity contribution in [1.29, 1.82) is 0 Å². The van der Waals surface area contributed by atoms with Gasteiger partial charge >= 0.3 is 5.97 Å². The maximum absolute atomic E-state index is 11.4. The molecule has 0 saturated carbocycles. The van der Waals surface area contributed by atoms with Crippen LogP contribution in [0.15, 0.2) is 41.6 Å². The Labute approximate surface area is 197 Å². The lowest BCUT2D eigenvalue weighted by Gasteiger charge is -2.42. The highest BCUT2D eigenvalue weighted by atomic mass is 16.6. The third kappa shape index (κ3) is 5.40. The zero-order valence-electron chi connectivity index (χ0n) is 20.8. The first-order valence-electron chi connectivity index (χ1n) is 12.0. The molecule has 0 unspecified atom stereocenters. The van der Waals surface area contributed by atoms with Crippen LogP contribution < -0.4 is 4.74 Å². The van der Waals surface area contributed by atoms with E-state index < -0.39 is 5.97 Å². The Balaban J connectivity index is 2.20. The Morgan fingerprint density at radius 3 is 2.09 bits per heavy atom. The van der Waals surface area contributed by atoms with Gasteiger partial charge in [-0.3, -0.25) is 0 Å². The van der Waals surface area contributed by atoms with Crippen LogP contribution in [0.25, 0.3) is 0 Å². The minimum Gasteiger partial charge on any atom is -0.493 e. The first kappa shape index (κ1) is 24.8. The normalized spacial score (nSPS) is 16.7. The van der Waals surface area contributed by atoms with Gasteiger partial charge < -0.3 is 14.7 Å². The van der Waals surface area contributed by atoms with Crippen LogP contribution in [0.4, 0.5) is 0 Å². The molecule has 1 aliphatic rings. The van der Waals surface area contributed by atoms with E-state index in [1.807, 2.05) is 6.92 Å². The van der Waals surface area contributed by atoms with Gasteiger partial charge in [0.1, 0.15) is 18.1 Å². The number of carboxylic acid groups (broad SMARTS) is 1. The predicted octanol–water partition coefficient (Wildman–Crippen LogP) is 6.70. The number of fused-ring (bicyclic) bond motifs is 1. The molecule has 178 valence electrons. The average Bonchev–Trinajstić information content (AvgIpc) is 2.77. The van der Waals surface area contributed by atoms with E-state index in [4.69, 9.17) is 9.57 Å². The van der Waals surface area contributed by atoms with Crippen LogP contribution in [0, 0.1) is 0 Å². The minimum absolute atomic E-state index is 0.0334. The molecule has 0 fully saturated rings. The number of hydrogen-bond acceptors (Lipinski definition) is 4. The lowest BCUT2D eigenvalue weighted by atomic mass is 9.62. The second-order valence-electron chi connectivity index (χ2n) is 10.1. The number of rotatable bonds is 9. The van der Waals surface area contributed by atoms with Crippen LogP contribution in [0.3, 0.4) is 0 Å². The second-order valence-corrected chi connectivity index (χ2v) is 10.1. The summed E-state index contributed by atoms with van der Waals surface area (Å²) in [6.07, 6.45) is 4.16. The Bertz CT molecular complexity index is 1020. The van der Waals surface area contributed by atoms with Crippen molar-refractivity contribution in [3.63, 3.8) is 0 Å². The third-order valence-corrected chi connectivity index (χ3v) is 6.66. The van der Waals surface area contributed by atoms with Crippen molar-refractivity contribution >= 4 is 11.7 Å². The van der Waals surface area contributed by atoms with Gasteiger partial charge in [-0.2, -0.15) is 0 Å². The smallest absolute Gasteiger partial charge is 0.335 e. The first-order valence-corrected chi connectivity index (χ1v) is 12.0. The number of benzene rings is 2. The van der Waals surface area contributed by atoms with E-state index in [9.17, 15) is 9.90 Å². The minimum atomic E-state index is -0.952. The van der Waals surface area contributed by atoms with Crippen LogP contribution in [0.1, 0.15) is 99.8 Å². The molecule has 0 radical (unpaired) electrons. The molecule has 0 bridgehead atoms. The molecule has 1 aliphatic carbocycles. The summed E-state index contributed by atoms with van der Waals surface area (Å²) in [5.74, 6) is -0.172. The molecule has 0 aliphatic heterocycles. The molecular formula is C28H37NO4. The lowest BCUT2D eigenvalue weighted by Crippen LogP contribution is -2.34. The number of aromatic carboxylic acids is 1. The SMILES string of the molecule is CCCCO/N=C(\c1ccc(C(=O)O)cc1)c1cc2c(cc1OCC)C(C)(C)CCC2(C)C. The van der Waals surface area contributed by atoms with Gasteiger partial charge in [0.25, 0.3) is 0 Å². The Kier molecular flexibility index (Phi) is 7.51. The fraction of sp³-hybridized carbons (Fsp3) is 0.500. The standard InChI is InChI=1S/C28H37NO4/c1-7-9-16-33-29-25(19-10-12-20(13-11-19)26(30)31)21-17-22-23(18-24(21)32-8-2)28(5,6)15-14-27(22,3)4/h10-13,17-18H,7-9,14-16H2,1-6H3,(H,30,31)/b29-25+. The number of carboxylic acids is 1.